The van der Waals surface area contributed by atoms with Crippen LogP contribution in [0, 0.1) is 0 Å². The van der Waals surface area contributed by atoms with Crippen molar-refractivity contribution in [3.63, 3.8) is 0 Å². The first kappa shape index (κ1) is 12.4. The Hall–Kier alpha value is -3.35. The van der Waals surface area contributed by atoms with Crippen molar-refractivity contribution in [3.8, 4) is 11.3 Å². The van der Waals surface area contributed by atoms with Crippen molar-refractivity contribution in [1.82, 2.24) is 24.3 Å². The van der Waals surface area contributed by atoms with Crippen molar-refractivity contribution in [3.05, 3.63) is 61.3 Å². The van der Waals surface area contributed by atoms with E-state index in [1.54, 1.807) is 24.8 Å². The van der Waals surface area contributed by atoms with Crippen LogP contribution in [-0.4, -0.2) is 24.3 Å². The van der Waals surface area contributed by atoms with E-state index in [0.717, 1.165) is 22.6 Å². The number of nitrogens with zero attached hydrogens (tertiary/aromatic N) is 5. The molecule has 22 heavy (non-hydrogen) atoms. The second-order valence-corrected chi connectivity index (χ2v) is 4.81. The minimum atomic E-state index is 0.695. The molecule has 3 N–H and O–H groups in total. The lowest BCUT2D eigenvalue weighted by molar-refractivity contribution is 0.832. The SMILES string of the molecule is Nn1cc(-c2cnc3c(Nc4ccccc4)nccn23)cn1. The fourth-order valence-electron chi connectivity index (χ4n) is 2.35. The van der Waals surface area contributed by atoms with Crippen LogP contribution in [0.2, 0.25) is 0 Å². The van der Waals surface area contributed by atoms with Gasteiger partial charge in [0.15, 0.2) is 11.5 Å². The number of aromatic nitrogens is 5. The van der Waals surface area contributed by atoms with Gasteiger partial charge in [-0.1, -0.05) is 18.2 Å². The highest BCUT2D eigenvalue weighted by Crippen LogP contribution is 2.24. The maximum absolute atomic E-state index is 5.61. The Morgan fingerprint density at radius 1 is 1.05 bits per heavy atom. The maximum atomic E-state index is 5.61. The van der Waals surface area contributed by atoms with Crippen LogP contribution in [0.15, 0.2) is 61.3 Å². The summed E-state index contributed by atoms with van der Waals surface area (Å²) in [6.07, 6.45) is 8.82. The fourth-order valence-corrected chi connectivity index (χ4v) is 2.35. The van der Waals surface area contributed by atoms with Gasteiger partial charge in [-0.25, -0.2) is 9.97 Å². The molecule has 7 heteroatoms. The zero-order valence-electron chi connectivity index (χ0n) is 11.6. The number of para-hydroxylation sites is 1. The summed E-state index contributed by atoms with van der Waals surface area (Å²) in [5.41, 5.74) is 3.51. The van der Waals surface area contributed by atoms with E-state index in [0.29, 0.717) is 5.82 Å². The Bertz CT molecular complexity index is 923. The number of nitrogen functional groups attached to an aromatic ring is 1. The monoisotopic (exact) mass is 291 g/mol. The number of rotatable bonds is 3. The summed E-state index contributed by atoms with van der Waals surface area (Å²) in [7, 11) is 0. The van der Waals surface area contributed by atoms with Crippen LogP contribution in [0.4, 0.5) is 11.5 Å². The van der Waals surface area contributed by atoms with Crippen LogP contribution in [0.1, 0.15) is 0 Å². The van der Waals surface area contributed by atoms with Gasteiger partial charge in [0.2, 0.25) is 0 Å². The zero-order valence-corrected chi connectivity index (χ0v) is 11.6. The number of hydrogen-bond acceptors (Lipinski definition) is 5. The molecule has 0 amide bonds. The molecule has 0 fully saturated rings. The van der Waals surface area contributed by atoms with Crippen molar-refractivity contribution >= 4 is 17.2 Å². The normalized spacial score (nSPS) is 10.9. The molecule has 0 bridgehead atoms. The highest BCUT2D eigenvalue weighted by Gasteiger charge is 2.11. The molecule has 1 aromatic carbocycles. The van der Waals surface area contributed by atoms with Crippen molar-refractivity contribution in [2.24, 2.45) is 0 Å². The summed E-state index contributed by atoms with van der Waals surface area (Å²) in [6, 6.07) is 9.86. The first-order valence-electron chi connectivity index (χ1n) is 6.75. The highest BCUT2D eigenvalue weighted by atomic mass is 15.5. The van der Waals surface area contributed by atoms with E-state index < -0.39 is 0 Å². The van der Waals surface area contributed by atoms with Gasteiger partial charge >= 0.3 is 0 Å². The van der Waals surface area contributed by atoms with Gasteiger partial charge < -0.3 is 11.2 Å². The van der Waals surface area contributed by atoms with E-state index >= 15 is 0 Å². The first-order valence-corrected chi connectivity index (χ1v) is 6.75. The van der Waals surface area contributed by atoms with Crippen LogP contribution in [0.25, 0.3) is 16.9 Å². The minimum Gasteiger partial charge on any atom is -0.337 e. The van der Waals surface area contributed by atoms with E-state index in [-0.39, 0.29) is 0 Å². The summed E-state index contributed by atoms with van der Waals surface area (Å²) >= 11 is 0. The summed E-state index contributed by atoms with van der Waals surface area (Å²) in [5, 5.41) is 7.27. The van der Waals surface area contributed by atoms with Crippen LogP contribution in [-0.2, 0) is 0 Å². The molecule has 3 heterocycles. The average molecular weight is 291 g/mol. The van der Waals surface area contributed by atoms with Crippen molar-refractivity contribution in [2.75, 3.05) is 11.2 Å². The number of hydrogen-bond donors (Lipinski definition) is 2. The van der Waals surface area contributed by atoms with Gasteiger partial charge in [-0.3, -0.25) is 4.40 Å². The highest BCUT2D eigenvalue weighted by molar-refractivity contribution is 5.73. The smallest absolute Gasteiger partial charge is 0.180 e. The maximum Gasteiger partial charge on any atom is 0.180 e. The zero-order chi connectivity index (χ0) is 14.9. The molecular weight excluding hydrogens is 278 g/mol. The molecule has 0 aliphatic rings. The van der Waals surface area contributed by atoms with Gasteiger partial charge in [-0.15, -0.1) is 0 Å². The molecule has 0 atom stereocenters. The molecule has 4 aromatic rings. The Morgan fingerprint density at radius 3 is 2.68 bits per heavy atom. The molecule has 3 aromatic heterocycles. The fraction of sp³-hybridized carbons (Fsp3) is 0. The number of nitrogens with one attached hydrogen (secondary N) is 1. The molecule has 4 rings (SSSR count). The molecule has 0 radical (unpaired) electrons. The van der Waals surface area contributed by atoms with E-state index in [4.69, 9.17) is 5.84 Å². The Kier molecular flexibility index (Phi) is 2.75. The Labute approximate surface area is 126 Å². The summed E-state index contributed by atoms with van der Waals surface area (Å²) in [4.78, 5) is 10.1. The Balaban J connectivity index is 1.80. The molecule has 7 nitrogen and oxygen atoms in total. The lowest BCUT2D eigenvalue weighted by Gasteiger charge is -2.07. The van der Waals surface area contributed by atoms with Crippen molar-refractivity contribution in [1.29, 1.82) is 0 Å². The van der Waals surface area contributed by atoms with Crippen molar-refractivity contribution in [2.45, 2.75) is 0 Å². The van der Waals surface area contributed by atoms with E-state index in [2.05, 4.69) is 20.4 Å². The summed E-state index contributed by atoms with van der Waals surface area (Å²) < 4.78 is 1.95. The Morgan fingerprint density at radius 2 is 1.91 bits per heavy atom. The largest absolute Gasteiger partial charge is 0.337 e. The molecule has 0 saturated carbocycles. The number of imidazole rings is 1. The average Bonchev–Trinajstić information content (AvgIpc) is 3.15. The molecule has 0 saturated heterocycles. The second-order valence-electron chi connectivity index (χ2n) is 4.81. The summed E-state index contributed by atoms with van der Waals surface area (Å²) in [6.45, 7) is 0. The van der Waals surface area contributed by atoms with Gasteiger partial charge in [-0.2, -0.15) is 9.89 Å². The van der Waals surface area contributed by atoms with Crippen LogP contribution >= 0.6 is 0 Å². The first-order chi connectivity index (χ1) is 10.8. The molecule has 0 aliphatic heterocycles. The second kappa shape index (κ2) is 4.88. The molecule has 0 unspecified atom stereocenters. The van der Waals surface area contributed by atoms with Gasteiger partial charge in [0, 0.05) is 23.6 Å². The van der Waals surface area contributed by atoms with E-state index in [1.165, 1.54) is 4.79 Å². The summed E-state index contributed by atoms with van der Waals surface area (Å²) in [5.74, 6) is 6.31. The third-order valence-corrected chi connectivity index (χ3v) is 3.36. The van der Waals surface area contributed by atoms with Crippen LogP contribution in [0.3, 0.4) is 0 Å². The standard InChI is InChI=1S/C15H13N7/c16-22-10-11(8-19-22)13-9-18-15-14(17-6-7-21(13)15)20-12-4-2-1-3-5-12/h1-10H,16H2,(H,17,20). The quantitative estimate of drug-likeness (QED) is 0.564. The van der Waals surface area contributed by atoms with E-state index in [1.807, 2.05) is 40.9 Å². The van der Waals surface area contributed by atoms with Crippen LogP contribution < -0.4 is 11.2 Å². The minimum absolute atomic E-state index is 0.695. The predicted octanol–water partition coefficient (Wildman–Crippen LogP) is 2.05. The van der Waals surface area contributed by atoms with Crippen LogP contribution in [0.5, 0.6) is 0 Å². The number of nitrogens with two attached hydrogens (primary N) is 1. The molecule has 0 aliphatic carbocycles. The molecule has 0 spiro atoms. The number of fused-ring (bicyclic) bond motifs is 1. The topological polar surface area (TPSA) is 86.1 Å². The van der Waals surface area contributed by atoms with Gasteiger partial charge in [0.25, 0.3) is 0 Å². The molecule has 108 valence electrons. The third kappa shape index (κ3) is 2.05. The van der Waals surface area contributed by atoms with Gasteiger partial charge in [0.1, 0.15) is 0 Å². The lowest BCUT2D eigenvalue weighted by atomic mass is 10.3. The number of anilines is 2. The third-order valence-electron chi connectivity index (χ3n) is 3.36. The van der Waals surface area contributed by atoms with Gasteiger partial charge in [-0.05, 0) is 12.1 Å². The van der Waals surface area contributed by atoms with Crippen molar-refractivity contribution < 1.29 is 0 Å². The lowest BCUT2D eigenvalue weighted by Crippen LogP contribution is -2.07. The number of benzene rings is 1. The van der Waals surface area contributed by atoms with E-state index in [9.17, 15) is 0 Å². The van der Waals surface area contributed by atoms with Gasteiger partial charge in [0.05, 0.1) is 24.3 Å². The molecular formula is C15H13N7. The predicted molar refractivity (Wildman–Crippen MR) is 84.1 cm³/mol.